The molecule has 0 amide bonds. The van der Waals surface area contributed by atoms with E-state index < -0.39 is 0 Å². The highest BCUT2D eigenvalue weighted by Gasteiger charge is 2.39. The van der Waals surface area contributed by atoms with Crippen LogP contribution in [0, 0.1) is 11.8 Å². The lowest BCUT2D eigenvalue weighted by molar-refractivity contribution is -0.0704. The van der Waals surface area contributed by atoms with Crippen molar-refractivity contribution in [2.24, 2.45) is 11.8 Å². The molecule has 0 aromatic heterocycles. The normalized spacial score (nSPS) is 47.3. The van der Waals surface area contributed by atoms with Gasteiger partial charge in [0.2, 0.25) is 0 Å². The first kappa shape index (κ1) is 11.9. The Morgan fingerprint density at radius 3 is 2.71 bits per heavy atom. The molecule has 2 aliphatic heterocycles. The maximum atomic E-state index is 5.81. The molecule has 0 spiro atoms. The third-order valence-electron chi connectivity index (χ3n) is 4.83. The standard InChI is InChI=1S/C14H26N2O/c1-10-7-16(8-11(2)17-10)9-14-13-5-3-4-12(13)6-15-14/h10-15H,3-9H2,1-2H3. The maximum absolute atomic E-state index is 5.81. The molecule has 3 aliphatic rings. The molecule has 3 nitrogen and oxygen atoms in total. The third-order valence-corrected chi connectivity index (χ3v) is 4.83. The largest absolute Gasteiger partial charge is 0.373 e. The lowest BCUT2D eigenvalue weighted by atomic mass is 9.93. The van der Waals surface area contributed by atoms with E-state index >= 15 is 0 Å². The van der Waals surface area contributed by atoms with Crippen LogP contribution in [-0.2, 0) is 4.74 Å². The quantitative estimate of drug-likeness (QED) is 0.789. The molecule has 2 saturated heterocycles. The molecular formula is C14H26N2O. The van der Waals surface area contributed by atoms with Crippen molar-refractivity contribution in [3.63, 3.8) is 0 Å². The Labute approximate surface area is 105 Å². The van der Waals surface area contributed by atoms with Gasteiger partial charge in [-0.05, 0) is 45.1 Å². The van der Waals surface area contributed by atoms with E-state index in [1.807, 2.05) is 0 Å². The smallest absolute Gasteiger partial charge is 0.0678 e. The molecule has 3 heteroatoms. The molecule has 1 N–H and O–H groups in total. The lowest BCUT2D eigenvalue weighted by Gasteiger charge is -2.37. The van der Waals surface area contributed by atoms with Crippen molar-refractivity contribution in [3.8, 4) is 0 Å². The van der Waals surface area contributed by atoms with Gasteiger partial charge in [-0.2, -0.15) is 0 Å². The molecule has 1 saturated carbocycles. The van der Waals surface area contributed by atoms with Crippen LogP contribution in [-0.4, -0.2) is 49.3 Å². The first-order valence-corrected chi connectivity index (χ1v) is 7.33. The Hall–Kier alpha value is -0.120. The van der Waals surface area contributed by atoms with Gasteiger partial charge < -0.3 is 10.1 Å². The summed E-state index contributed by atoms with van der Waals surface area (Å²) in [6, 6.07) is 0.750. The number of nitrogens with zero attached hydrogens (tertiary/aromatic N) is 1. The summed E-state index contributed by atoms with van der Waals surface area (Å²) in [6.45, 7) is 9.12. The molecule has 0 aromatic carbocycles. The molecule has 2 heterocycles. The van der Waals surface area contributed by atoms with Crippen molar-refractivity contribution >= 4 is 0 Å². The molecule has 0 bridgehead atoms. The van der Waals surface area contributed by atoms with Crippen LogP contribution >= 0.6 is 0 Å². The summed E-state index contributed by atoms with van der Waals surface area (Å²) in [4.78, 5) is 2.61. The average Bonchev–Trinajstić information content (AvgIpc) is 2.81. The molecule has 0 aromatic rings. The van der Waals surface area contributed by atoms with Crippen molar-refractivity contribution in [2.45, 2.75) is 51.4 Å². The Morgan fingerprint density at radius 2 is 1.94 bits per heavy atom. The first-order valence-electron chi connectivity index (χ1n) is 7.33. The Kier molecular flexibility index (Phi) is 3.42. The van der Waals surface area contributed by atoms with Crippen LogP contribution in [0.4, 0.5) is 0 Å². The number of ether oxygens (including phenoxy) is 1. The third kappa shape index (κ3) is 2.51. The Balaban J connectivity index is 1.56. The van der Waals surface area contributed by atoms with Gasteiger partial charge in [-0.25, -0.2) is 0 Å². The second-order valence-corrected chi connectivity index (χ2v) is 6.35. The van der Waals surface area contributed by atoms with Gasteiger partial charge in [0.25, 0.3) is 0 Å². The molecule has 5 unspecified atom stereocenters. The summed E-state index contributed by atoms with van der Waals surface area (Å²) < 4.78 is 5.81. The minimum atomic E-state index is 0.402. The van der Waals surface area contributed by atoms with Gasteiger partial charge in [-0.15, -0.1) is 0 Å². The predicted molar refractivity (Wildman–Crippen MR) is 69.1 cm³/mol. The van der Waals surface area contributed by atoms with E-state index in [2.05, 4.69) is 24.1 Å². The minimum absolute atomic E-state index is 0.402. The zero-order chi connectivity index (χ0) is 11.8. The lowest BCUT2D eigenvalue weighted by Crippen LogP contribution is -2.50. The van der Waals surface area contributed by atoms with E-state index in [4.69, 9.17) is 4.74 Å². The van der Waals surface area contributed by atoms with Crippen molar-refractivity contribution < 1.29 is 4.74 Å². The molecule has 3 fully saturated rings. The van der Waals surface area contributed by atoms with Crippen LogP contribution in [0.15, 0.2) is 0 Å². The summed E-state index contributed by atoms with van der Waals surface area (Å²) >= 11 is 0. The fraction of sp³-hybridized carbons (Fsp3) is 1.00. The maximum Gasteiger partial charge on any atom is 0.0678 e. The van der Waals surface area contributed by atoms with E-state index in [0.717, 1.165) is 31.0 Å². The van der Waals surface area contributed by atoms with Gasteiger partial charge >= 0.3 is 0 Å². The van der Waals surface area contributed by atoms with Gasteiger partial charge in [0.05, 0.1) is 12.2 Å². The van der Waals surface area contributed by atoms with Gasteiger partial charge in [0.1, 0.15) is 0 Å². The van der Waals surface area contributed by atoms with Crippen molar-refractivity contribution in [2.75, 3.05) is 26.2 Å². The SMILES string of the molecule is CC1CN(CC2NCC3CCCC32)CC(C)O1. The van der Waals surface area contributed by atoms with E-state index in [1.165, 1.54) is 32.4 Å². The van der Waals surface area contributed by atoms with Crippen molar-refractivity contribution in [1.29, 1.82) is 0 Å². The Bertz CT molecular complexity index is 261. The zero-order valence-electron chi connectivity index (χ0n) is 11.2. The van der Waals surface area contributed by atoms with Crippen molar-refractivity contribution in [3.05, 3.63) is 0 Å². The van der Waals surface area contributed by atoms with Crippen LogP contribution in [0.25, 0.3) is 0 Å². The van der Waals surface area contributed by atoms with Crippen LogP contribution in [0.1, 0.15) is 33.1 Å². The highest BCUT2D eigenvalue weighted by Crippen LogP contribution is 2.38. The van der Waals surface area contributed by atoms with Gasteiger partial charge in [0.15, 0.2) is 0 Å². The topological polar surface area (TPSA) is 24.5 Å². The summed E-state index contributed by atoms with van der Waals surface area (Å²) in [5.41, 5.74) is 0. The molecule has 0 radical (unpaired) electrons. The number of hydrogen-bond acceptors (Lipinski definition) is 3. The summed E-state index contributed by atoms with van der Waals surface area (Å²) in [5, 5.41) is 3.75. The highest BCUT2D eigenvalue weighted by molar-refractivity contribution is 4.96. The molecule has 17 heavy (non-hydrogen) atoms. The average molecular weight is 238 g/mol. The molecule has 5 atom stereocenters. The van der Waals surface area contributed by atoms with Gasteiger partial charge in [0, 0.05) is 25.7 Å². The summed E-state index contributed by atoms with van der Waals surface area (Å²) in [5.74, 6) is 1.94. The van der Waals surface area contributed by atoms with E-state index in [0.29, 0.717) is 12.2 Å². The van der Waals surface area contributed by atoms with Gasteiger partial charge in [-0.3, -0.25) is 4.90 Å². The second kappa shape index (κ2) is 4.87. The summed E-state index contributed by atoms with van der Waals surface area (Å²) in [7, 11) is 0. The van der Waals surface area contributed by atoms with Crippen LogP contribution < -0.4 is 5.32 Å². The van der Waals surface area contributed by atoms with Crippen LogP contribution in [0.3, 0.4) is 0 Å². The van der Waals surface area contributed by atoms with E-state index in [-0.39, 0.29) is 0 Å². The molecule has 1 aliphatic carbocycles. The number of nitrogens with one attached hydrogen (secondary N) is 1. The first-order chi connectivity index (χ1) is 8.22. The number of morpholine rings is 1. The van der Waals surface area contributed by atoms with E-state index in [9.17, 15) is 0 Å². The fourth-order valence-electron chi connectivity index (χ4n) is 4.21. The molecular weight excluding hydrogens is 212 g/mol. The molecule has 3 rings (SSSR count). The number of fused-ring (bicyclic) bond motifs is 1. The highest BCUT2D eigenvalue weighted by atomic mass is 16.5. The predicted octanol–water partition coefficient (Wildman–Crippen LogP) is 1.48. The zero-order valence-corrected chi connectivity index (χ0v) is 11.2. The second-order valence-electron chi connectivity index (χ2n) is 6.35. The number of hydrogen-bond donors (Lipinski definition) is 1. The minimum Gasteiger partial charge on any atom is -0.373 e. The van der Waals surface area contributed by atoms with Crippen LogP contribution in [0.5, 0.6) is 0 Å². The van der Waals surface area contributed by atoms with Crippen LogP contribution in [0.2, 0.25) is 0 Å². The number of rotatable bonds is 2. The summed E-state index contributed by atoms with van der Waals surface area (Å²) in [6.07, 6.45) is 5.18. The molecule has 98 valence electrons. The monoisotopic (exact) mass is 238 g/mol. The van der Waals surface area contributed by atoms with E-state index in [1.54, 1.807) is 0 Å². The van der Waals surface area contributed by atoms with Gasteiger partial charge in [-0.1, -0.05) is 6.42 Å². The fourth-order valence-corrected chi connectivity index (χ4v) is 4.21. The Morgan fingerprint density at radius 1 is 1.18 bits per heavy atom. The van der Waals surface area contributed by atoms with Crippen molar-refractivity contribution in [1.82, 2.24) is 10.2 Å².